The van der Waals surface area contributed by atoms with Gasteiger partial charge in [0.2, 0.25) is 18.2 Å². The Morgan fingerprint density at radius 2 is 2.13 bits per heavy atom. The predicted octanol–water partition coefficient (Wildman–Crippen LogP) is 1.65. The first kappa shape index (κ1) is 22.5. The van der Waals surface area contributed by atoms with Crippen molar-refractivity contribution < 1.29 is 14.4 Å². The second-order valence-corrected chi connectivity index (χ2v) is 8.67. The molecule has 164 valence electrons. The molecule has 31 heavy (non-hydrogen) atoms. The van der Waals surface area contributed by atoms with Gasteiger partial charge in [0.15, 0.2) is 0 Å². The summed E-state index contributed by atoms with van der Waals surface area (Å²) < 4.78 is 0. The van der Waals surface area contributed by atoms with Crippen molar-refractivity contribution in [3.05, 3.63) is 57.3 Å². The molecule has 1 aliphatic heterocycles. The molecule has 0 saturated carbocycles. The molecule has 3 rings (SSSR count). The summed E-state index contributed by atoms with van der Waals surface area (Å²) in [6.07, 6.45) is 0.993. The number of carbonyl (C=O) groups excluding carboxylic acids is 3. The molecule has 9 heteroatoms. The molecule has 1 aliphatic rings. The van der Waals surface area contributed by atoms with Crippen LogP contribution in [0.3, 0.4) is 0 Å². The zero-order chi connectivity index (χ0) is 22.5. The molecule has 1 fully saturated rings. The standard InChI is InChI=1S/C22H27N5O3S/c1-13-5-3-4-6-17(13)15-7-18(27(10-15)20(29)9-25-12-28)22(30)26-14(2)19-8-16(11-31-19)21(23)24/h3-6,8,11-12,14-15,18H,7,9-10H2,1-2H3,(H3,23,24)(H,25,28)(H,26,30)/t14-,15?,18?/m1/s1. The predicted molar refractivity (Wildman–Crippen MR) is 120 cm³/mol. The third-order valence-electron chi connectivity index (χ3n) is 5.61. The molecule has 2 unspecified atom stereocenters. The summed E-state index contributed by atoms with van der Waals surface area (Å²) in [5, 5.41) is 14.7. The topological polar surface area (TPSA) is 128 Å². The Morgan fingerprint density at radius 1 is 1.39 bits per heavy atom. The van der Waals surface area contributed by atoms with Crippen LogP contribution in [-0.4, -0.2) is 48.1 Å². The minimum absolute atomic E-state index is 0.0164. The number of nitrogens with zero attached hydrogens (tertiary/aromatic N) is 1. The highest BCUT2D eigenvalue weighted by atomic mass is 32.1. The van der Waals surface area contributed by atoms with Gasteiger partial charge in [-0.05, 0) is 37.5 Å². The smallest absolute Gasteiger partial charge is 0.243 e. The zero-order valence-corrected chi connectivity index (χ0v) is 18.4. The van der Waals surface area contributed by atoms with Crippen molar-refractivity contribution in [1.29, 1.82) is 5.41 Å². The number of amidine groups is 1. The summed E-state index contributed by atoms with van der Waals surface area (Å²) in [6, 6.07) is 8.86. The maximum atomic E-state index is 13.2. The Hall–Kier alpha value is -3.20. The van der Waals surface area contributed by atoms with E-state index in [-0.39, 0.29) is 36.2 Å². The fraction of sp³-hybridized carbons (Fsp3) is 0.364. The largest absolute Gasteiger partial charge is 0.384 e. The van der Waals surface area contributed by atoms with Crippen LogP contribution in [0, 0.1) is 12.3 Å². The number of amides is 3. The normalized spacial score (nSPS) is 19.0. The molecule has 0 spiro atoms. The number of hydrogen-bond donors (Lipinski definition) is 4. The highest BCUT2D eigenvalue weighted by molar-refractivity contribution is 7.10. The molecule has 8 nitrogen and oxygen atoms in total. The van der Waals surface area contributed by atoms with Crippen LogP contribution in [0.4, 0.5) is 0 Å². The van der Waals surface area contributed by atoms with Gasteiger partial charge in [0.25, 0.3) is 0 Å². The lowest BCUT2D eigenvalue weighted by Gasteiger charge is -2.25. The first-order valence-corrected chi connectivity index (χ1v) is 10.9. The van der Waals surface area contributed by atoms with Crippen LogP contribution < -0.4 is 16.4 Å². The third-order valence-corrected chi connectivity index (χ3v) is 6.72. The van der Waals surface area contributed by atoms with Gasteiger partial charge in [-0.25, -0.2) is 0 Å². The van der Waals surface area contributed by atoms with Gasteiger partial charge in [0, 0.05) is 28.3 Å². The van der Waals surface area contributed by atoms with Crippen LogP contribution in [0.25, 0.3) is 0 Å². The maximum absolute atomic E-state index is 13.2. The van der Waals surface area contributed by atoms with Gasteiger partial charge in [-0.15, -0.1) is 11.3 Å². The van der Waals surface area contributed by atoms with Crippen LogP contribution in [0.2, 0.25) is 0 Å². The van der Waals surface area contributed by atoms with Crippen molar-refractivity contribution in [2.24, 2.45) is 5.73 Å². The number of aryl methyl sites for hydroxylation is 1. The van der Waals surface area contributed by atoms with Gasteiger partial charge in [-0.1, -0.05) is 24.3 Å². The van der Waals surface area contributed by atoms with E-state index in [4.69, 9.17) is 11.1 Å². The number of nitrogen functional groups attached to an aromatic ring is 1. The van der Waals surface area contributed by atoms with E-state index in [2.05, 4.69) is 10.6 Å². The van der Waals surface area contributed by atoms with Gasteiger partial charge in [0.05, 0.1) is 12.6 Å². The van der Waals surface area contributed by atoms with Gasteiger partial charge >= 0.3 is 0 Å². The minimum Gasteiger partial charge on any atom is -0.384 e. The number of nitrogens with two attached hydrogens (primary N) is 1. The van der Waals surface area contributed by atoms with E-state index < -0.39 is 6.04 Å². The van der Waals surface area contributed by atoms with E-state index in [9.17, 15) is 14.4 Å². The highest BCUT2D eigenvalue weighted by Crippen LogP contribution is 2.34. The number of nitrogens with one attached hydrogen (secondary N) is 3. The average molecular weight is 442 g/mol. The van der Waals surface area contributed by atoms with Crippen molar-refractivity contribution in [3.8, 4) is 0 Å². The first-order valence-electron chi connectivity index (χ1n) is 10.1. The van der Waals surface area contributed by atoms with Crippen LogP contribution >= 0.6 is 11.3 Å². The molecule has 0 aliphatic carbocycles. The Labute approximate surface area is 185 Å². The van der Waals surface area contributed by atoms with Crippen molar-refractivity contribution in [2.75, 3.05) is 13.1 Å². The molecule has 1 saturated heterocycles. The monoisotopic (exact) mass is 441 g/mol. The maximum Gasteiger partial charge on any atom is 0.243 e. The number of rotatable bonds is 8. The van der Waals surface area contributed by atoms with E-state index in [0.29, 0.717) is 24.9 Å². The lowest BCUT2D eigenvalue weighted by molar-refractivity contribution is -0.138. The molecule has 3 amide bonds. The quantitative estimate of drug-likeness (QED) is 0.282. The number of carbonyl (C=O) groups is 3. The molecule has 1 aromatic carbocycles. The van der Waals surface area contributed by atoms with Gasteiger partial charge in [0.1, 0.15) is 11.9 Å². The zero-order valence-electron chi connectivity index (χ0n) is 17.6. The molecule has 2 heterocycles. The lowest BCUT2D eigenvalue weighted by atomic mass is 9.92. The van der Waals surface area contributed by atoms with Crippen LogP contribution in [0.5, 0.6) is 0 Å². The second-order valence-electron chi connectivity index (χ2n) is 7.73. The van der Waals surface area contributed by atoms with Crippen LogP contribution in [0.15, 0.2) is 35.7 Å². The SMILES string of the molecule is Cc1ccccc1C1CC(C(=O)N[C@H](C)c2cc(C(=N)N)cs2)N(C(=O)CNC=O)C1. The molecular weight excluding hydrogens is 414 g/mol. The number of benzene rings is 1. The van der Waals surface area contributed by atoms with Crippen LogP contribution in [0.1, 0.15) is 46.9 Å². The molecule has 1 aromatic heterocycles. The molecule has 0 bridgehead atoms. The Morgan fingerprint density at radius 3 is 2.77 bits per heavy atom. The summed E-state index contributed by atoms with van der Waals surface area (Å²) in [5.74, 6) is -0.498. The summed E-state index contributed by atoms with van der Waals surface area (Å²) in [4.78, 5) is 38.9. The fourth-order valence-electron chi connectivity index (χ4n) is 3.96. The van der Waals surface area contributed by atoms with Gasteiger partial charge < -0.3 is 21.3 Å². The summed E-state index contributed by atoms with van der Waals surface area (Å²) >= 11 is 1.42. The minimum atomic E-state index is -0.625. The highest BCUT2D eigenvalue weighted by Gasteiger charge is 2.40. The third kappa shape index (κ3) is 5.11. The lowest BCUT2D eigenvalue weighted by Crippen LogP contribution is -2.48. The average Bonchev–Trinajstić information content (AvgIpc) is 3.40. The summed E-state index contributed by atoms with van der Waals surface area (Å²) in [7, 11) is 0. The number of thiophene rings is 1. The fourth-order valence-corrected chi connectivity index (χ4v) is 4.88. The molecule has 2 aromatic rings. The van der Waals surface area contributed by atoms with Crippen LogP contribution in [-0.2, 0) is 14.4 Å². The number of hydrogen-bond acceptors (Lipinski definition) is 5. The van der Waals surface area contributed by atoms with Crippen molar-refractivity contribution >= 4 is 35.4 Å². The van der Waals surface area contributed by atoms with Gasteiger partial charge in [-0.3, -0.25) is 19.8 Å². The van der Waals surface area contributed by atoms with Crippen molar-refractivity contribution in [1.82, 2.24) is 15.5 Å². The van der Waals surface area contributed by atoms with Crippen molar-refractivity contribution in [2.45, 2.75) is 38.3 Å². The molecular formula is C22H27N5O3S. The number of likely N-dealkylation sites (tertiary alicyclic amines) is 1. The van der Waals surface area contributed by atoms with Crippen molar-refractivity contribution in [3.63, 3.8) is 0 Å². The summed E-state index contributed by atoms with van der Waals surface area (Å²) in [5.41, 5.74) is 8.40. The summed E-state index contributed by atoms with van der Waals surface area (Å²) in [6.45, 7) is 4.16. The molecule has 3 atom stereocenters. The van der Waals surface area contributed by atoms with E-state index in [1.165, 1.54) is 11.3 Å². The van der Waals surface area contributed by atoms with E-state index >= 15 is 0 Å². The van der Waals surface area contributed by atoms with E-state index in [0.717, 1.165) is 16.0 Å². The second kappa shape index (κ2) is 9.74. The Bertz CT molecular complexity index is 989. The Kier molecular flexibility index (Phi) is 7.06. The Balaban J connectivity index is 1.78. The van der Waals surface area contributed by atoms with E-state index in [1.54, 1.807) is 16.3 Å². The molecule has 0 radical (unpaired) electrons. The first-order chi connectivity index (χ1) is 14.8. The van der Waals surface area contributed by atoms with Gasteiger partial charge in [-0.2, -0.15) is 0 Å². The van der Waals surface area contributed by atoms with E-state index in [1.807, 2.05) is 38.1 Å². The molecule has 5 N–H and O–H groups in total.